The third kappa shape index (κ3) is 5.18. The summed E-state index contributed by atoms with van der Waals surface area (Å²) in [6, 6.07) is 3.40. The molecule has 1 N–H and O–H groups in total. The Labute approximate surface area is 224 Å². The maximum Gasteiger partial charge on any atom is 0.246 e. The number of carbonyl (C=O) groups excluding carboxylic acids is 2. The quantitative estimate of drug-likeness (QED) is 0.539. The standard InChI is InChI=1S/C27H38N6O4S/c1-5-25(34)32-10-6-7-20(18-32)33-24-16-21(38(36,37)29-27(4)8-9-27)15-23(22(24)17-28-33)30-11-13-31(14-12-30)26(35)19(2)3/h5,15-17,19-20,29H,1,6-14,18H2,2-4H3. The van der Waals surface area contributed by atoms with Gasteiger partial charge in [-0.3, -0.25) is 14.3 Å². The van der Waals surface area contributed by atoms with Crippen molar-refractivity contribution in [3.63, 3.8) is 0 Å². The number of hydrogen-bond acceptors (Lipinski definition) is 6. The molecule has 38 heavy (non-hydrogen) atoms. The lowest BCUT2D eigenvalue weighted by Crippen LogP contribution is -2.50. The van der Waals surface area contributed by atoms with Gasteiger partial charge in [0.25, 0.3) is 0 Å². The summed E-state index contributed by atoms with van der Waals surface area (Å²) in [5.74, 6) is -0.0274. The number of aromatic nitrogens is 2. The van der Waals surface area contributed by atoms with Crippen LogP contribution in [0.1, 0.15) is 52.5 Å². The summed E-state index contributed by atoms with van der Waals surface area (Å²) < 4.78 is 31.8. The third-order valence-corrected chi connectivity index (χ3v) is 9.63. The van der Waals surface area contributed by atoms with E-state index in [1.165, 1.54) is 6.08 Å². The van der Waals surface area contributed by atoms with Crippen molar-refractivity contribution in [2.75, 3.05) is 44.2 Å². The zero-order chi connectivity index (χ0) is 27.2. The third-order valence-electron chi connectivity index (χ3n) is 8.01. The highest BCUT2D eigenvalue weighted by molar-refractivity contribution is 7.89. The number of sulfonamides is 1. The lowest BCUT2D eigenvalue weighted by Gasteiger charge is -2.37. The van der Waals surface area contributed by atoms with Gasteiger partial charge in [-0.15, -0.1) is 0 Å². The summed E-state index contributed by atoms with van der Waals surface area (Å²) in [4.78, 5) is 30.9. The minimum absolute atomic E-state index is 0.0575. The molecule has 1 aliphatic carbocycles. The first-order chi connectivity index (χ1) is 18.0. The first-order valence-electron chi connectivity index (χ1n) is 13.5. The van der Waals surface area contributed by atoms with Crippen LogP contribution in [0.4, 0.5) is 5.69 Å². The Morgan fingerprint density at radius 2 is 1.84 bits per heavy atom. The second kappa shape index (κ2) is 10.00. The van der Waals surface area contributed by atoms with Gasteiger partial charge in [-0.2, -0.15) is 5.10 Å². The zero-order valence-corrected chi connectivity index (χ0v) is 23.3. The fraction of sp³-hybridized carbons (Fsp3) is 0.593. The summed E-state index contributed by atoms with van der Waals surface area (Å²) >= 11 is 0. The van der Waals surface area contributed by atoms with Crippen LogP contribution in [0.5, 0.6) is 0 Å². The van der Waals surface area contributed by atoms with Gasteiger partial charge in [-0.05, 0) is 50.8 Å². The molecule has 2 saturated heterocycles. The molecule has 3 heterocycles. The minimum Gasteiger partial charge on any atom is -0.367 e. The Morgan fingerprint density at radius 3 is 2.47 bits per heavy atom. The highest BCUT2D eigenvalue weighted by atomic mass is 32.2. The first-order valence-corrected chi connectivity index (χ1v) is 15.0. The van der Waals surface area contributed by atoms with E-state index in [-0.39, 0.29) is 28.7 Å². The highest BCUT2D eigenvalue weighted by Crippen LogP contribution is 2.38. The van der Waals surface area contributed by atoms with Crippen molar-refractivity contribution in [3.05, 3.63) is 31.0 Å². The number of benzene rings is 1. The number of rotatable bonds is 7. The molecule has 0 radical (unpaired) electrons. The molecule has 3 aliphatic rings. The number of fused-ring (bicyclic) bond motifs is 1. The van der Waals surface area contributed by atoms with Crippen LogP contribution in [-0.2, 0) is 19.6 Å². The number of nitrogens with zero attached hydrogens (tertiary/aromatic N) is 5. The minimum atomic E-state index is -3.76. The molecule has 0 spiro atoms. The first kappa shape index (κ1) is 26.7. The molecule has 2 aliphatic heterocycles. The number of amides is 2. The summed E-state index contributed by atoms with van der Waals surface area (Å²) in [6.07, 6.45) is 6.45. The van der Waals surface area contributed by atoms with Crippen molar-refractivity contribution >= 4 is 38.4 Å². The maximum absolute atomic E-state index is 13.5. The molecule has 2 aromatic rings. The van der Waals surface area contributed by atoms with Crippen LogP contribution in [0, 0.1) is 5.92 Å². The molecule has 2 amide bonds. The van der Waals surface area contributed by atoms with E-state index >= 15 is 0 Å². The number of piperazine rings is 1. The maximum atomic E-state index is 13.5. The number of piperidine rings is 1. The van der Waals surface area contributed by atoms with Gasteiger partial charge in [0.15, 0.2) is 0 Å². The van der Waals surface area contributed by atoms with Gasteiger partial charge < -0.3 is 14.7 Å². The molecule has 3 fully saturated rings. The van der Waals surface area contributed by atoms with Crippen LogP contribution >= 0.6 is 0 Å². The monoisotopic (exact) mass is 542 g/mol. The van der Waals surface area contributed by atoms with Gasteiger partial charge in [0.2, 0.25) is 21.8 Å². The Hall–Kier alpha value is -2.92. The average molecular weight is 543 g/mol. The van der Waals surface area contributed by atoms with Crippen molar-refractivity contribution < 1.29 is 18.0 Å². The fourth-order valence-electron chi connectivity index (χ4n) is 5.50. The SMILES string of the molecule is C=CC(=O)N1CCCC(n2ncc3c(N4CCN(C(=O)C(C)C)CC4)cc(S(=O)(=O)NC4(C)CC4)cc32)C1. The molecule has 1 unspecified atom stereocenters. The van der Waals surface area contributed by atoms with E-state index in [0.29, 0.717) is 39.3 Å². The highest BCUT2D eigenvalue weighted by Gasteiger charge is 2.41. The van der Waals surface area contributed by atoms with E-state index in [9.17, 15) is 18.0 Å². The Kier molecular flexibility index (Phi) is 7.02. The molecule has 1 saturated carbocycles. The molecular formula is C27H38N6O4S. The molecule has 11 heteroatoms. The van der Waals surface area contributed by atoms with Crippen molar-refractivity contribution in [2.24, 2.45) is 5.92 Å². The predicted molar refractivity (Wildman–Crippen MR) is 146 cm³/mol. The largest absolute Gasteiger partial charge is 0.367 e. The number of likely N-dealkylation sites (tertiary alicyclic amines) is 1. The van der Waals surface area contributed by atoms with Crippen LogP contribution < -0.4 is 9.62 Å². The second-order valence-corrected chi connectivity index (χ2v) is 13.1. The lowest BCUT2D eigenvalue weighted by atomic mass is 10.1. The van der Waals surface area contributed by atoms with Crippen LogP contribution in [0.15, 0.2) is 35.9 Å². The van der Waals surface area contributed by atoms with Crippen LogP contribution in [0.25, 0.3) is 10.9 Å². The van der Waals surface area contributed by atoms with Gasteiger partial charge >= 0.3 is 0 Å². The second-order valence-electron chi connectivity index (χ2n) is 11.4. The number of hydrogen-bond donors (Lipinski definition) is 1. The van der Waals surface area contributed by atoms with Gasteiger partial charge in [0.05, 0.1) is 22.7 Å². The summed E-state index contributed by atoms with van der Waals surface area (Å²) in [7, 11) is -3.76. The molecule has 0 bridgehead atoms. The smallest absolute Gasteiger partial charge is 0.246 e. The summed E-state index contributed by atoms with van der Waals surface area (Å²) in [5, 5.41) is 5.59. The molecule has 206 valence electrons. The van der Waals surface area contributed by atoms with E-state index in [0.717, 1.165) is 42.3 Å². The van der Waals surface area contributed by atoms with E-state index in [2.05, 4.69) is 16.2 Å². The van der Waals surface area contributed by atoms with E-state index in [1.807, 2.05) is 30.4 Å². The molecule has 1 aromatic carbocycles. The number of carbonyl (C=O) groups is 2. The van der Waals surface area contributed by atoms with E-state index < -0.39 is 15.6 Å². The van der Waals surface area contributed by atoms with E-state index in [1.54, 1.807) is 23.2 Å². The Balaban J connectivity index is 1.52. The predicted octanol–water partition coefficient (Wildman–Crippen LogP) is 2.52. The molecule has 1 atom stereocenters. The van der Waals surface area contributed by atoms with Crippen molar-refractivity contribution in [1.29, 1.82) is 0 Å². The average Bonchev–Trinajstić information content (AvgIpc) is 3.46. The van der Waals surface area contributed by atoms with Gasteiger partial charge in [0, 0.05) is 61.8 Å². The topological polar surface area (TPSA) is 108 Å². The van der Waals surface area contributed by atoms with Crippen molar-refractivity contribution in [3.8, 4) is 0 Å². The van der Waals surface area contributed by atoms with Crippen LogP contribution in [-0.4, -0.2) is 84.6 Å². The Morgan fingerprint density at radius 1 is 1.13 bits per heavy atom. The van der Waals surface area contributed by atoms with Gasteiger partial charge in [-0.1, -0.05) is 20.4 Å². The molecule has 10 nitrogen and oxygen atoms in total. The molecule has 5 rings (SSSR count). The Bertz CT molecular complexity index is 1360. The van der Waals surface area contributed by atoms with Crippen LogP contribution in [0.2, 0.25) is 0 Å². The molecule has 1 aromatic heterocycles. The summed E-state index contributed by atoms with van der Waals surface area (Å²) in [5.41, 5.74) is 1.15. The van der Waals surface area contributed by atoms with Gasteiger partial charge in [-0.25, -0.2) is 13.1 Å². The van der Waals surface area contributed by atoms with Crippen molar-refractivity contribution in [2.45, 2.75) is 62.9 Å². The number of anilines is 1. The van der Waals surface area contributed by atoms with Gasteiger partial charge in [0.1, 0.15) is 0 Å². The van der Waals surface area contributed by atoms with Crippen molar-refractivity contribution in [1.82, 2.24) is 24.3 Å². The lowest BCUT2D eigenvalue weighted by molar-refractivity contribution is -0.134. The van der Waals surface area contributed by atoms with Crippen LogP contribution in [0.3, 0.4) is 0 Å². The fourth-order valence-corrected chi connectivity index (χ4v) is 7.00. The van der Waals surface area contributed by atoms with E-state index in [4.69, 9.17) is 5.10 Å². The molecular weight excluding hydrogens is 504 g/mol. The zero-order valence-electron chi connectivity index (χ0n) is 22.5. The normalized spacial score (nSPS) is 21.7. The summed E-state index contributed by atoms with van der Waals surface area (Å²) in [6.45, 7) is 12.9. The number of nitrogens with one attached hydrogen (secondary N) is 1.